The summed E-state index contributed by atoms with van der Waals surface area (Å²) < 4.78 is 1.34. The average Bonchev–Trinajstić information content (AvgIpc) is 2.77. The van der Waals surface area contributed by atoms with Crippen LogP contribution >= 0.6 is 11.3 Å². The number of hydrogen-bond donors (Lipinski definition) is 0. The molecule has 1 aromatic carbocycles. The van der Waals surface area contributed by atoms with E-state index in [-0.39, 0.29) is 0 Å². The number of nitriles is 1. The molecule has 0 aliphatic heterocycles. The van der Waals surface area contributed by atoms with E-state index < -0.39 is 0 Å². The lowest BCUT2D eigenvalue weighted by molar-refractivity contribution is 0.219. The lowest BCUT2D eigenvalue weighted by Gasteiger charge is -2.25. The van der Waals surface area contributed by atoms with Crippen LogP contribution in [-0.2, 0) is 6.54 Å². The van der Waals surface area contributed by atoms with E-state index in [1.807, 2.05) is 0 Å². The second kappa shape index (κ2) is 5.99. The van der Waals surface area contributed by atoms with Crippen molar-refractivity contribution in [3.8, 4) is 6.07 Å². The molecule has 0 aliphatic rings. The molecule has 1 heterocycles. The van der Waals surface area contributed by atoms with Crippen molar-refractivity contribution < 1.29 is 0 Å². The third kappa shape index (κ3) is 2.90. The number of fused-ring (bicyclic) bond motifs is 1. The highest BCUT2D eigenvalue weighted by molar-refractivity contribution is 7.17. The zero-order chi connectivity index (χ0) is 13.0. The van der Waals surface area contributed by atoms with Gasteiger partial charge in [-0.05, 0) is 36.2 Å². The highest BCUT2D eigenvalue weighted by atomic mass is 32.1. The van der Waals surface area contributed by atoms with Gasteiger partial charge in [-0.3, -0.25) is 4.90 Å². The van der Waals surface area contributed by atoms with Crippen LogP contribution in [0.5, 0.6) is 0 Å². The highest BCUT2D eigenvalue weighted by Crippen LogP contribution is 2.27. The number of nitrogens with zero attached hydrogens (tertiary/aromatic N) is 2. The standard InChI is InChI=1S/C15H18N2S/c1-12(2)17(9-5-8-16)10-13-11-18-15-7-4-3-6-14(13)15/h3-4,6-7,11-12H,5,9-10H2,1-2H3. The van der Waals surface area contributed by atoms with E-state index in [1.165, 1.54) is 15.6 Å². The third-order valence-electron chi connectivity index (χ3n) is 3.18. The molecule has 0 aliphatic carbocycles. The molecular weight excluding hydrogens is 240 g/mol. The van der Waals surface area contributed by atoms with E-state index in [4.69, 9.17) is 5.26 Å². The Balaban J connectivity index is 2.18. The van der Waals surface area contributed by atoms with Gasteiger partial charge in [-0.25, -0.2) is 0 Å². The summed E-state index contributed by atoms with van der Waals surface area (Å²) in [5, 5.41) is 12.3. The van der Waals surface area contributed by atoms with Crippen molar-refractivity contribution in [2.24, 2.45) is 0 Å². The molecule has 2 nitrogen and oxygen atoms in total. The van der Waals surface area contributed by atoms with Crippen LogP contribution in [0.15, 0.2) is 29.6 Å². The van der Waals surface area contributed by atoms with E-state index in [0.29, 0.717) is 12.5 Å². The van der Waals surface area contributed by atoms with Gasteiger partial charge in [0.2, 0.25) is 0 Å². The van der Waals surface area contributed by atoms with Crippen molar-refractivity contribution in [3.05, 3.63) is 35.2 Å². The van der Waals surface area contributed by atoms with Gasteiger partial charge in [-0.2, -0.15) is 5.26 Å². The van der Waals surface area contributed by atoms with E-state index >= 15 is 0 Å². The molecule has 1 aromatic heterocycles. The topological polar surface area (TPSA) is 27.0 Å². The molecular formula is C15H18N2S. The summed E-state index contributed by atoms with van der Waals surface area (Å²) in [6.45, 7) is 6.15. The monoisotopic (exact) mass is 258 g/mol. The summed E-state index contributed by atoms with van der Waals surface area (Å²) in [6.07, 6.45) is 0.597. The predicted octanol–water partition coefficient (Wildman–Crippen LogP) is 4.03. The Labute approximate surface area is 112 Å². The van der Waals surface area contributed by atoms with Gasteiger partial charge >= 0.3 is 0 Å². The molecule has 0 saturated carbocycles. The Bertz CT molecular complexity index is 551. The fraction of sp³-hybridized carbons (Fsp3) is 0.400. The molecule has 0 spiro atoms. The fourth-order valence-corrected chi connectivity index (χ4v) is 3.04. The normalized spacial score (nSPS) is 11.3. The van der Waals surface area contributed by atoms with Crippen LogP contribution in [0.3, 0.4) is 0 Å². The number of benzene rings is 1. The van der Waals surface area contributed by atoms with Crippen LogP contribution in [0.2, 0.25) is 0 Å². The summed E-state index contributed by atoms with van der Waals surface area (Å²) in [7, 11) is 0. The van der Waals surface area contributed by atoms with Crippen molar-refractivity contribution in [3.63, 3.8) is 0 Å². The predicted molar refractivity (Wildman–Crippen MR) is 77.6 cm³/mol. The van der Waals surface area contributed by atoms with Crippen LogP contribution < -0.4 is 0 Å². The maximum Gasteiger partial charge on any atom is 0.0635 e. The quantitative estimate of drug-likeness (QED) is 0.809. The lowest BCUT2D eigenvalue weighted by atomic mass is 10.1. The van der Waals surface area contributed by atoms with Gasteiger partial charge in [0, 0.05) is 30.3 Å². The minimum atomic E-state index is 0.469. The van der Waals surface area contributed by atoms with E-state index in [1.54, 1.807) is 11.3 Å². The van der Waals surface area contributed by atoms with Gasteiger partial charge in [-0.1, -0.05) is 18.2 Å². The summed E-state index contributed by atoms with van der Waals surface area (Å²) >= 11 is 1.80. The second-order valence-corrected chi connectivity index (χ2v) is 5.64. The molecule has 2 aromatic rings. The van der Waals surface area contributed by atoms with Crippen molar-refractivity contribution in [1.29, 1.82) is 5.26 Å². The molecule has 0 amide bonds. The minimum absolute atomic E-state index is 0.469. The van der Waals surface area contributed by atoms with Gasteiger partial charge in [-0.15, -0.1) is 11.3 Å². The Morgan fingerprint density at radius 1 is 1.33 bits per heavy atom. The summed E-state index contributed by atoms with van der Waals surface area (Å²) in [5.41, 5.74) is 1.38. The smallest absolute Gasteiger partial charge is 0.0635 e. The van der Waals surface area contributed by atoms with E-state index in [0.717, 1.165) is 13.1 Å². The van der Waals surface area contributed by atoms with Gasteiger partial charge < -0.3 is 0 Å². The first-order chi connectivity index (χ1) is 8.72. The van der Waals surface area contributed by atoms with Crippen molar-refractivity contribution in [2.45, 2.75) is 32.9 Å². The summed E-state index contributed by atoms with van der Waals surface area (Å²) in [5.74, 6) is 0. The molecule has 3 heteroatoms. The lowest BCUT2D eigenvalue weighted by Crippen LogP contribution is -2.31. The number of rotatable bonds is 5. The Morgan fingerprint density at radius 3 is 2.83 bits per heavy atom. The van der Waals surface area contributed by atoms with Gasteiger partial charge in [0.1, 0.15) is 0 Å². The van der Waals surface area contributed by atoms with Crippen LogP contribution in [0.25, 0.3) is 10.1 Å². The van der Waals surface area contributed by atoms with E-state index in [2.05, 4.69) is 54.5 Å². The largest absolute Gasteiger partial charge is 0.296 e. The molecule has 2 rings (SSSR count). The second-order valence-electron chi connectivity index (χ2n) is 4.73. The Kier molecular flexibility index (Phi) is 4.35. The molecule has 0 atom stereocenters. The third-order valence-corrected chi connectivity index (χ3v) is 4.19. The van der Waals surface area contributed by atoms with Crippen LogP contribution in [0, 0.1) is 11.3 Å². The molecule has 0 N–H and O–H groups in total. The molecule has 0 unspecified atom stereocenters. The zero-order valence-electron chi connectivity index (χ0n) is 10.9. The first-order valence-electron chi connectivity index (χ1n) is 6.28. The molecule has 18 heavy (non-hydrogen) atoms. The summed E-state index contributed by atoms with van der Waals surface area (Å²) in [6, 6.07) is 11.2. The molecule has 0 saturated heterocycles. The first-order valence-corrected chi connectivity index (χ1v) is 7.16. The minimum Gasteiger partial charge on any atom is -0.296 e. The van der Waals surface area contributed by atoms with Crippen LogP contribution in [0.1, 0.15) is 25.8 Å². The molecule has 0 bridgehead atoms. The number of thiophene rings is 1. The molecule has 94 valence electrons. The van der Waals surface area contributed by atoms with Gasteiger partial charge in [0.15, 0.2) is 0 Å². The fourth-order valence-electron chi connectivity index (χ4n) is 2.09. The maximum absolute atomic E-state index is 8.72. The van der Waals surface area contributed by atoms with Gasteiger partial charge in [0.05, 0.1) is 6.07 Å². The Hall–Kier alpha value is -1.37. The van der Waals surface area contributed by atoms with Crippen molar-refractivity contribution >= 4 is 21.4 Å². The highest BCUT2D eigenvalue weighted by Gasteiger charge is 2.12. The zero-order valence-corrected chi connectivity index (χ0v) is 11.7. The molecule has 0 fully saturated rings. The van der Waals surface area contributed by atoms with Crippen molar-refractivity contribution in [1.82, 2.24) is 4.90 Å². The SMILES string of the molecule is CC(C)N(CCC#N)Cc1csc2ccccc12. The maximum atomic E-state index is 8.72. The average molecular weight is 258 g/mol. The van der Waals surface area contributed by atoms with Crippen LogP contribution in [-0.4, -0.2) is 17.5 Å². The number of hydrogen-bond acceptors (Lipinski definition) is 3. The van der Waals surface area contributed by atoms with E-state index in [9.17, 15) is 0 Å². The van der Waals surface area contributed by atoms with Crippen LogP contribution in [0.4, 0.5) is 0 Å². The molecule has 0 radical (unpaired) electrons. The first kappa shape index (κ1) is 13.1. The Morgan fingerprint density at radius 2 is 2.11 bits per heavy atom. The summed E-state index contributed by atoms with van der Waals surface area (Å²) in [4.78, 5) is 2.36. The van der Waals surface area contributed by atoms with Crippen molar-refractivity contribution in [2.75, 3.05) is 6.54 Å². The van der Waals surface area contributed by atoms with Gasteiger partial charge in [0.25, 0.3) is 0 Å².